The lowest BCUT2D eigenvalue weighted by atomic mass is 9.97. The number of hydrogen-bond donors (Lipinski definition) is 0. The molecule has 0 amide bonds. The maximum atomic E-state index is 12.7. The van der Waals surface area contributed by atoms with Gasteiger partial charge in [-0.1, -0.05) is 5.16 Å². The van der Waals surface area contributed by atoms with E-state index in [4.69, 9.17) is 4.52 Å². The molecule has 1 atom stereocenters. The minimum absolute atomic E-state index is 0.135. The van der Waals surface area contributed by atoms with E-state index < -0.39 is 31.1 Å². The van der Waals surface area contributed by atoms with Crippen LogP contribution in [0.2, 0.25) is 0 Å². The third kappa shape index (κ3) is 3.75. The van der Waals surface area contributed by atoms with Crippen LogP contribution in [0.25, 0.3) is 0 Å². The Labute approximate surface area is 153 Å². The third-order valence-electron chi connectivity index (χ3n) is 4.36. The molecule has 2 heterocycles. The fourth-order valence-corrected chi connectivity index (χ4v) is 3.81. The summed E-state index contributed by atoms with van der Waals surface area (Å²) in [5.74, 6) is -2.88. The Balaban J connectivity index is 1.94. The van der Waals surface area contributed by atoms with Crippen LogP contribution in [0.1, 0.15) is 30.5 Å². The van der Waals surface area contributed by atoms with E-state index in [1.807, 2.05) is 0 Å². The summed E-state index contributed by atoms with van der Waals surface area (Å²) < 4.78 is 53.9. The lowest BCUT2D eigenvalue weighted by Gasteiger charge is -2.32. The highest BCUT2D eigenvalue weighted by Crippen LogP contribution is 2.36. The van der Waals surface area contributed by atoms with E-state index in [0.717, 1.165) is 12.5 Å². The number of benzene rings is 1. The summed E-state index contributed by atoms with van der Waals surface area (Å²) in [5.41, 5.74) is -0.381. The molecular weight excluding hydrogens is 386 g/mol. The number of aryl methyl sites for hydroxylation is 1. The van der Waals surface area contributed by atoms with Crippen LogP contribution >= 0.6 is 0 Å². The van der Waals surface area contributed by atoms with Gasteiger partial charge in [0.05, 0.1) is 15.7 Å². The molecule has 27 heavy (non-hydrogen) atoms. The zero-order valence-electron chi connectivity index (χ0n) is 14.2. The van der Waals surface area contributed by atoms with Crippen LogP contribution in [0.3, 0.4) is 0 Å². The van der Waals surface area contributed by atoms with Crippen LogP contribution in [0, 0.1) is 17.0 Å². The number of piperidine rings is 1. The molecule has 1 fully saturated rings. The van der Waals surface area contributed by atoms with E-state index in [-0.39, 0.29) is 11.6 Å². The Bertz CT molecular complexity index is 963. The van der Waals surface area contributed by atoms with E-state index in [2.05, 4.69) is 10.1 Å². The first-order valence-electron chi connectivity index (χ1n) is 8.06. The Kier molecular flexibility index (Phi) is 5.09. The molecule has 0 N–H and O–H groups in total. The average molecular weight is 402 g/mol. The van der Waals surface area contributed by atoms with Gasteiger partial charge < -0.3 is 9.42 Å². The van der Waals surface area contributed by atoms with Crippen molar-refractivity contribution in [2.75, 3.05) is 18.0 Å². The smallest absolute Gasteiger partial charge is 0.341 e. The van der Waals surface area contributed by atoms with Crippen molar-refractivity contribution in [1.29, 1.82) is 0 Å². The standard InChI is InChI=1S/C15H16F2N4O5S/c1-9-18-14(26-19-9)10-3-2-6-20(8-10)12-5-4-11(7-13(12)21(22)23)27(24,25)15(16)17/h4-5,7,10,15H,2-3,6,8H2,1H3. The number of alkyl halides is 2. The molecule has 1 aromatic heterocycles. The van der Waals surface area contributed by atoms with Gasteiger partial charge in [0.2, 0.25) is 15.7 Å². The summed E-state index contributed by atoms with van der Waals surface area (Å²) in [5, 5.41) is 15.2. The van der Waals surface area contributed by atoms with Gasteiger partial charge in [-0.15, -0.1) is 0 Å². The average Bonchev–Trinajstić information content (AvgIpc) is 3.07. The van der Waals surface area contributed by atoms with Gasteiger partial charge in [0.1, 0.15) is 5.69 Å². The first-order chi connectivity index (χ1) is 12.7. The highest BCUT2D eigenvalue weighted by atomic mass is 32.2. The highest BCUT2D eigenvalue weighted by Gasteiger charge is 2.32. The highest BCUT2D eigenvalue weighted by molar-refractivity contribution is 7.91. The van der Waals surface area contributed by atoms with Gasteiger partial charge in [-0.2, -0.15) is 13.8 Å². The Morgan fingerprint density at radius 3 is 2.74 bits per heavy atom. The molecule has 0 aliphatic carbocycles. The van der Waals surface area contributed by atoms with Crippen LogP contribution in [0.15, 0.2) is 27.6 Å². The van der Waals surface area contributed by atoms with Gasteiger partial charge in [-0.05, 0) is 31.9 Å². The van der Waals surface area contributed by atoms with Crippen molar-refractivity contribution in [2.45, 2.75) is 36.3 Å². The fourth-order valence-electron chi connectivity index (χ4n) is 3.07. The van der Waals surface area contributed by atoms with Crippen molar-refractivity contribution in [1.82, 2.24) is 10.1 Å². The molecule has 146 valence electrons. The minimum atomic E-state index is -4.92. The topological polar surface area (TPSA) is 119 Å². The summed E-state index contributed by atoms with van der Waals surface area (Å²) in [6.45, 7) is 2.52. The zero-order chi connectivity index (χ0) is 19.8. The quantitative estimate of drug-likeness (QED) is 0.553. The van der Waals surface area contributed by atoms with Gasteiger partial charge in [-0.3, -0.25) is 10.1 Å². The van der Waals surface area contributed by atoms with Crippen LogP contribution in [-0.2, 0) is 9.84 Å². The van der Waals surface area contributed by atoms with Gasteiger partial charge in [0.15, 0.2) is 5.82 Å². The zero-order valence-corrected chi connectivity index (χ0v) is 15.0. The molecule has 9 nitrogen and oxygen atoms in total. The molecule has 3 rings (SSSR count). The number of anilines is 1. The summed E-state index contributed by atoms with van der Waals surface area (Å²) in [7, 11) is -4.92. The van der Waals surface area contributed by atoms with Crippen LogP contribution < -0.4 is 4.90 Å². The number of nitro benzene ring substituents is 1. The number of halogens is 2. The number of hydrogen-bond acceptors (Lipinski definition) is 8. The first-order valence-corrected chi connectivity index (χ1v) is 9.60. The maximum absolute atomic E-state index is 12.7. The summed E-state index contributed by atoms with van der Waals surface area (Å²) in [6.07, 6.45) is 1.45. The molecule has 1 saturated heterocycles. The Morgan fingerprint density at radius 2 is 2.15 bits per heavy atom. The van der Waals surface area contributed by atoms with E-state index in [9.17, 15) is 27.3 Å². The SMILES string of the molecule is Cc1noc(C2CCCN(c3ccc(S(=O)(=O)C(F)F)cc3[N+](=O)[O-])C2)n1. The van der Waals surface area contributed by atoms with Crippen molar-refractivity contribution >= 4 is 21.2 Å². The molecule has 1 aromatic carbocycles. The van der Waals surface area contributed by atoms with Crippen molar-refractivity contribution in [3.63, 3.8) is 0 Å². The summed E-state index contributed by atoms with van der Waals surface area (Å²) in [4.78, 5) is 15.7. The molecule has 1 aliphatic heterocycles. The van der Waals surface area contributed by atoms with Gasteiger partial charge >= 0.3 is 5.76 Å². The first kappa shape index (κ1) is 19.1. The predicted molar refractivity (Wildman–Crippen MR) is 89.5 cm³/mol. The second-order valence-corrected chi connectivity index (χ2v) is 8.10. The molecule has 12 heteroatoms. The minimum Gasteiger partial charge on any atom is -0.365 e. The molecule has 2 aromatic rings. The second kappa shape index (κ2) is 7.18. The molecule has 0 saturated carbocycles. The van der Waals surface area contributed by atoms with E-state index >= 15 is 0 Å². The van der Waals surface area contributed by atoms with Gasteiger partial charge in [-0.25, -0.2) is 8.42 Å². The Morgan fingerprint density at radius 1 is 1.41 bits per heavy atom. The lowest BCUT2D eigenvalue weighted by Crippen LogP contribution is -2.35. The normalized spacial score (nSPS) is 18.1. The Hall–Kier alpha value is -2.63. The largest absolute Gasteiger partial charge is 0.365 e. The summed E-state index contributed by atoms with van der Waals surface area (Å²) in [6, 6.07) is 2.83. The third-order valence-corrected chi connectivity index (χ3v) is 5.74. The molecule has 0 spiro atoms. The van der Waals surface area contributed by atoms with Crippen LogP contribution in [0.5, 0.6) is 0 Å². The van der Waals surface area contributed by atoms with Crippen molar-refractivity contribution < 1.29 is 26.6 Å². The van der Waals surface area contributed by atoms with E-state index in [1.165, 1.54) is 6.07 Å². The maximum Gasteiger partial charge on any atom is 0.341 e. The van der Waals surface area contributed by atoms with Crippen molar-refractivity contribution in [2.24, 2.45) is 0 Å². The van der Waals surface area contributed by atoms with Gasteiger partial charge in [0, 0.05) is 19.2 Å². The number of nitro groups is 1. The van der Waals surface area contributed by atoms with E-state index in [0.29, 0.717) is 37.3 Å². The van der Waals surface area contributed by atoms with Crippen LogP contribution in [0.4, 0.5) is 20.2 Å². The molecule has 0 radical (unpaired) electrons. The summed E-state index contributed by atoms with van der Waals surface area (Å²) >= 11 is 0. The van der Waals surface area contributed by atoms with Crippen molar-refractivity contribution in [3.05, 3.63) is 40.0 Å². The number of nitrogens with zero attached hydrogens (tertiary/aromatic N) is 4. The van der Waals surface area contributed by atoms with Crippen molar-refractivity contribution in [3.8, 4) is 0 Å². The number of aromatic nitrogens is 2. The second-order valence-electron chi connectivity index (χ2n) is 6.18. The molecule has 0 bridgehead atoms. The van der Waals surface area contributed by atoms with Crippen LogP contribution in [-0.4, -0.2) is 42.3 Å². The molecular formula is C15H16F2N4O5S. The monoisotopic (exact) mass is 402 g/mol. The lowest BCUT2D eigenvalue weighted by molar-refractivity contribution is -0.384. The number of sulfone groups is 1. The predicted octanol–water partition coefficient (Wildman–Crippen LogP) is 2.67. The number of rotatable bonds is 5. The molecule has 1 unspecified atom stereocenters. The fraction of sp³-hybridized carbons (Fsp3) is 0.467. The van der Waals surface area contributed by atoms with Gasteiger partial charge in [0.25, 0.3) is 5.69 Å². The van der Waals surface area contributed by atoms with E-state index in [1.54, 1.807) is 11.8 Å². The molecule has 1 aliphatic rings.